The Labute approximate surface area is 138 Å². The summed E-state index contributed by atoms with van der Waals surface area (Å²) in [6, 6.07) is 6.92. The van der Waals surface area contributed by atoms with Crippen molar-refractivity contribution in [2.75, 3.05) is 12.8 Å². The summed E-state index contributed by atoms with van der Waals surface area (Å²) in [5, 5.41) is 18.8. The minimum atomic E-state index is -0.702. The summed E-state index contributed by atoms with van der Waals surface area (Å²) in [6.45, 7) is 0. The molecule has 6 nitrogen and oxygen atoms in total. The molecule has 2 rings (SSSR count). The third kappa shape index (κ3) is 2.41. The summed E-state index contributed by atoms with van der Waals surface area (Å²) >= 11 is 9.54. The molecule has 0 spiro atoms. The van der Waals surface area contributed by atoms with Gasteiger partial charge in [-0.1, -0.05) is 11.6 Å². The molecule has 0 bridgehead atoms. The number of anilines is 1. The average molecular weight is 380 g/mol. The molecule has 0 saturated carbocycles. The van der Waals surface area contributed by atoms with Gasteiger partial charge in [-0.2, -0.15) is 10.5 Å². The lowest BCUT2D eigenvalue weighted by atomic mass is 9.96. The van der Waals surface area contributed by atoms with Crippen LogP contribution in [0.3, 0.4) is 0 Å². The Balaban J connectivity index is 3.09. The van der Waals surface area contributed by atoms with E-state index in [1.165, 1.54) is 7.11 Å². The molecule has 0 atom stereocenters. The molecule has 0 unspecified atom stereocenters. The third-order valence-electron chi connectivity index (χ3n) is 2.99. The first-order chi connectivity index (χ1) is 10.5. The largest absolute Gasteiger partial charge is 0.496 e. The average Bonchev–Trinajstić information content (AvgIpc) is 2.49. The molecule has 1 aromatic heterocycles. The molecular weight excluding hydrogens is 372 g/mol. The minimum Gasteiger partial charge on any atom is -0.496 e. The number of nitrogens with zero attached hydrogens (tertiary/aromatic N) is 2. The van der Waals surface area contributed by atoms with E-state index in [9.17, 15) is 15.3 Å². The lowest BCUT2D eigenvalue weighted by molar-refractivity contribution is 0.416. The molecule has 8 heteroatoms. The van der Waals surface area contributed by atoms with Gasteiger partial charge in [-0.3, -0.25) is 4.79 Å². The molecule has 0 saturated heterocycles. The number of nitrogen functional groups attached to an aromatic ring is 1. The fourth-order valence-corrected chi connectivity index (χ4v) is 2.61. The Morgan fingerprint density at radius 1 is 1.27 bits per heavy atom. The van der Waals surface area contributed by atoms with Crippen LogP contribution in [0.5, 0.6) is 5.75 Å². The second-order valence-corrected chi connectivity index (χ2v) is 5.39. The van der Waals surface area contributed by atoms with Crippen LogP contribution in [0.4, 0.5) is 5.82 Å². The third-order valence-corrected chi connectivity index (χ3v) is 4.28. The number of nitrogens with one attached hydrogen (secondary N) is 1. The number of nitriles is 2. The van der Waals surface area contributed by atoms with E-state index in [4.69, 9.17) is 22.1 Å². The molecule has 0 radical (unpaired) electrons. The van der Waals surface area contributed by atoms with Crippen LogP contribution in [-0.2, 0) is 0 Å². The number of pyridine rings is 1. The van der Waals surface area contributed by atoms with E-state index in [0.29, 0.717) is 10.2 Å². The predicted molar refractivity (Wildman–Crippen MR) is 85.6 cm³/mol. The molecular formula is C14H8BrClN4O2. The first kappa shape index (κ1) is 15.9. The Kier molecular flexibility index (Phi) is 4.41. The zero-order chi connectivity index (χ0) is 16.4. The maximum atomic E-state index is 12.0. The van der Waals surface area contributed by atoms with Crippen LogP contribution >= 0.6 is 27.5 Å². The van der Waals surface area contributed by atoms with Crippen molar-refractivity contribution in [2.45, 2.75) is 0 Å². The highest BCUT2D eigenvalue weighted by Crippen LogP contribution is 2.43. The number of hydrogen-bond acceptors (Lipinski definition) is 5. The van der Waals surface area contributed by atoms with Gasteiger partial charge in [-0.15, -0.1) is 0 Å². The van der Waals surface area contributed by atoms with E-state index < -0.39 is 5.56 Å². The molecule has 2 aromatic rings. The second-order valence-electron chi connectivity index (χ2n) is 4.16. The number of H-pyrrole nitrogens is 1. The van der Waals surface area contributed by atoms with Crippen molar-refractivity contribution in [1.82, 2.24) is 4.98 Å². The van der Waals surface area contributed by atoms with E-state index >= 15 is 0 Å². The number of aromatic nitrogens is 1. The van der Waals surface area contributed by atoms with Gasteiger partial charge < -0.3 is 15.5 Å². The van der Waals surface area contributed by atoms with Crippen molar-refractivity contribution in [3.8, 4) is 29.0 Å². The van der Waals surface area contributed by atoms with E-state index in [1.807, 2.05) is 6.07 Å². The van der Waals surface area contributed by atoms with Crippen molar-refractivity contribution < 1.29 is 4.74 Å². The molecule has 1 aromatic carbocycles. The van der Waals surface area contributed by atoms with Gasteiger partial charge in [0.1, 0.15) is 34.8 Å². The number of hydrogen-bond donors (Lipinski definition) is 2. The quantitative estimate of drug-likeness (QED) is 0.832. The van der Waals surface area contributed by atoms with Crippen LogP contribution in [0.25, 0.3) is 11.1 Å². The van der Waals surface area contributed by atoms with Gasteiger partial charge in [0.25, 0.3) is 5.56 Å². The minimum absolute atomic E-state index is 0.0468. The van der Waals surface area contributed by atoms with E-state index in [1.54, 1.807) is 18.2 Å². The summed E-state index contributed by atoms with van der Waals surface area (Å²) in [4.78, 5) is 14.2. The highest BCUT2D eigenvalue weighted by atomic mass is 79.9. The number of ether oxygens (including phenoxy) is 1. The molecule has 110 valence electrons. The van der Waals surface area contributed by atoms with E-state index in [0.717, 1.165) is 0 Å². The van der Waals surface area contributed by atoms with Gasteiger partial charge in [0.05, 0.1) is 12.1 Å². The van der Waals surface area contributed by atoms with Crippen LogP contribution in [0.2, 0.25) is 5.02 Å². The Bertz CT molecular complexity index is 909. The number of methoxy groups -OCH3 is 1. The fourth-order valence-electron chi connectivity index (χ4n) is 2.03. The number of benzene rings is 1. The van der Waals surface area contributed by atoms with Crippen LogP contribution in [0.15, 0.2) is 21.4 Å². The smallest absolute Gasteiger partial charge is 0.268 e. The molecule has 0 aliphatic rings. The fraction of sp³-hybridized carbons (Fsp3) is 0.0714. The highest BCUT2D eigenvalue weighted by molar-refractivity contribution is 9.10. The molecule has 3 N–H and O–H groups in total. The number of halogens is 2. The molecule has 22 heavy (non-hydrogen) atoms. The Hall–Kier alpha value is -2.48. The van der Waals surface area contributed by atoms with E-state index in [2.05, 4.69) is 20.9 Å². The van der Waals surface area contributed by atoms with Crippen molar-refractivity contribution in [3.63, 3.8) is 0 Å². The van der Waals surface area contributed by atoms with Gasteiger partial charge in [0.2, 0.25) is 0 Å². The van der Waals surface area contributed by atoms with Crippen LogP contribution in [-0.4, -0.2) is 12.1 Å². The monoisotopic (exact) mass is 378 g/mol. The predicted octanol–water partition coefficient (Wildman–Crippen LogP) is 2.79. The highest BCUT2D eigenvalue weighted by Gasteiger charge is 2.24. The summed E-state index contributed by atoms with van der Waals surface area (Å²) in [5.74, 6) is 0.172. The van der Waals surface area contributed by atoms with E-state index in [-0.39, 0.29) is 33.1 Å². The van der Waals surface area contributed by atoms with Crippen molar-refractivity contribution >= 4 is 33.3 Å². The topological polar surface area (TPSA) is 116 Å². The van der Waals surface area contributed by atoms with Crippen molar-refractivity contribution in [1.29, 1.82) is 10.5 Å². The molecule has 0 fully saturated rings. The lowest BCUT2D eigenvalue weighted by Gasteiger charge is -2.15. The van der Waals surface area contributed by atoms with Gasteiger partial charge in [-0.05, 0) is 28.1 Å². The number of nitrogens with two attached hydrogens (primary N) is 1. The molecule has 1 heterocycles. The maximum Gasteiger partial charge on any atom is 0.268 e. The zero-order valence-corrected chi connectivity index (χ0v) is 13.5. The van der Waals surface area contributed by atoms with Crippen LogP contribution in [0, 0.1) is 22.7 Å². The maximum absolute atomic E-state index is 12.0. The molecule has 0 aliphatic carbocycles. The van der Waals surface area contributed by atoms with Gasteiger partial charge in [0.15, 0.2) is 0 Å². The Morgan fingerprint density at radius 3 is 2.45 bits per heavy atom. The molecule has 0 aliphatic heterocycles. The summed E-state index contributed by atoms with van der Waals surface area (Å²) in [6.07, 6.45) is 0. The SMILES string of the molecule is COc1ccc(Br)c(Cl)c1-c1c(C#N)c(N)[nH]c(=O)c1C#N. The Morgan fingerprint density at radius 2 is 1.91 bits per heavy atom. The second kappa shape index (κ2) is 6.10. The standard InChI is InChI=1S/C14H8BrClN4O2/c1-22-9-3-2-8(15)12(16)11(9)10-6(4-17)13(19)20-14(21)7(10)5-18/h2-3H,1H3,(H3,19,20,21). The normalized spacial score (nSPS) is 9.86. The van der Waals surface area contributed by atoms with Gasteiger partial charge in [0, 0.05) is 15.6 Å². The van der Waals surface area contributed by atoms with Crippen LogP contribution < -0.4 is 16.0 Å². The van der Waals surface area contributed by atoms with Gasteiger partial charge >= 0.3 is 0 Å². The summed E-state index contributed by atoms with van der Waals surface area (Å²) in [5.41, 5.74) is 4.99. The number of aromatic amines is 1. The first-order valence-corrected chi connectivity index (χ1v) is 7.01. The summed E-state index contributed by atoms with van der Waals surface area (Å²) in [7, 11) is 1.41. The summed E-state index contributed by atoms with van der Waals surface area (Å²) < 4.78 is 5.76. The first-order valence-electron chi connectivity index (χ1n) is 5.84. The van der Waals surface area contributed by atoms with Crippen LogP contribution in [0.1, 0.15) is 11.1 Å². The lowest BCUT2D eigenvalue weighted by Crippen LogP contribution is -2.16. The van der Waals surface area contributed by atoms with Gasteiger partial charge in [-0.25, -0.2) is 0 Å². The van der Waals surface area contributed by atoms with Crippen molar-refractivity contribution in [2.24, 2.45) is 0 Å². The zero-order valence-electron chi connectivity index (χ0n) is 11.2. The number of rotatable bonds is 2. The van der Waals surface area contributed by atoms with Crippen molar-refractivity contribution in [3.05, 3.63) is 43.1 Å². The molecule has 0 amide bonds.